The van der Waals surface area contributed by atoms with Crippen molar-refractivity contribution in [3.8, 4) is 0 Å². The fourth-order valence-electron chi connectivity index (χ4n) is 1.78. The van der Waals surface area contributed by atoms with Gasteiger partial charge in [-0.1, -0.05) is 29.8 Å². The minimum atomic E-state index is -3.38. The van der Waals surface area contributed by atoms with Gasteiger partial charge in [0.1, 0.15) is 0 Å². The van der Waals surface area contributed by atoms with Crippen LogP contribution in [0.2, 0.25) is 0 Å². The molecule has 0 atom stereocenters. The second kappa shape index (κ2) is 6.11. The summed E-state index contributed by atoms with van der Waals surface area (Å²) in [7, 11) is -3.38. The maximum atomic E-state index is 12.0. The number of hydrogen-bond donors (Lipinski definition) is 1. The molecule has 0 unspecified atom stereocenters. The zero-order valence-electron chi connectivity index (χ0n) is 11.5. The van der Waals surface area contributed by atoms with E-state index in [9.17, 15) is 8.42 Å². The van der Waals surface area contributed by atoms with Gasteiger partial charge in [-0.2, -0.15) is 10.2 Å². The van der Waals surface area contributed by atoms with Crippen LogP contribution in [0.5, 0.6) is 0 Å². The van der Waals surface area contributed by atoms with E-state index in [1.165, 1.54) is 0 Å². The zero-order valence-corrected chi connectivity index (χ0v) is 12.3. The van der Waals surface area contributed by atoms with Gasteiger partial charge in [0, 0.05) is 0 Å². The average molecular weight is 291 g/mol. The van der Waals surface area contributed by atoms with E-state index in [1.807, 2.05) is 32.0 Å². The highest BCUT2D eigenvalue weighted by Crippen LogP contribution is 2.08. The topological polar surface area (TPSA) is 72.0 Å². The van der Waals surface area contributed by atoms with Gasteiger partial charge in [0.25, 0.3) is 0 Å². The Morgan fingerprint density at radius 3 is 2.55 bits per heavy atom. The highest BCUT2D eigenvalue weighted by molar-refractivity contribution is 7.88. The summed E-state index contributed by atoms with van der Waals surface area (Å²) >= 11 is 0. The molecule has 0 bridgehead atoms. The van der Waals surface area contributed by atoms with E-state index in [-0.39, 0.29) is 12.3 Å². The van der Waals surface area contributed by atoms with Gasteiger partial charge >= 0.3 is 0 Å². The second-order valence-electron chi connectivity index (χ2n) is 4.74. The normalized spacial score (nSPS) is 11.5. The molecular formula is C14H17N3O2S. The van der Waals surface area contributed by atoms with Gasteiger partial charge in [0.15, 0.2) is 0 Å². The molecular weight excluding hydrogens is 274 g/mol. The van der Waals surface area contributed by atoms with Crippen molar-refractivity contribution in [2.45, 2.75) is 26.1 Å². The molecule has 2 aromatic rings. The molecule has 1 aromatic heterocycles. The van der Waals surface area contributed by atoms with E-state index in [2.05, 4.69) is 14.9 Å². The quantitative estimate of drug-likeness (QED) is 0.910. The van der Waals surface area contributed by atoms with Crippen LogP contribution in [0, 0.1) is 13.8 Å². The van der Waals surface area contributed by atoms with Gasteiger partial charge in [-0.3, -0.25) is 0 Å². The first-order chi connectivity index (χ1) is 9.44. The second-order valence-corrected chi connectivity index (χ2v) is 6.54. The molecule has 0 aliphatic heterocycles. The van der Waals surface area contributed by atoms with Crippen LogP contribution >= 0.6 is 0 Å². The third-order valence-electron chi connectivity index (χ3n) is 2.77. The van der Waals surface area contributed by atoms with Crippen molar-refractivity contribution in [3.63, 3.8) is 0 Å². The van der Waals surface area contributed by atoms with E-state index in [4.69, 9.17) is 0 Å². The first-order valence-corrected chi connectivity index (χ1v) is 7.92. The molecule has 6 heteroatoms. The number of nitrogens with one attached hydrogen (secondary N) is 1. The standard InChI is InChI=1S/C14H17N3O2S/c1-11-4-3-5-13(8-11)10-20(18,19)15-9-14-7-6-12(2)16-17-14/h3-8,15H,9-10H2,1-2H3. The lowest BCUT2D eigenvalue weighted by molar-refractivity contribution is 0.579. The average Bonchev–Trinajstić information content (AvgIpc) is 2.37. The number of benzene rings is 1. The van der Waals surface area contributed by atoms with E-state index >= 15 is 0 Å². The van der Waals surface area contributed by atoms with Gasteiger partial charge in [0.05, 0.1) is 23.7 Å². The lowest BCUT2D eigenvalue weighted by Crippen LogP contribution is -2.25. The Morgan fingerprint density at radius 1 is 1.10 bits per heavy atom. The summed E-state index contributed by atoms with van der Waals surface area (Å²) in [6, 6.07) is 11.0. The first-order valence-electron chi connectivity index (χ1n) is 6.27. The Morgan fingerprint density at radius 2 is 1.90 bits per heavy atom. The van der Waals surface area contributed by atoms with Crippen LogP contribution in [0.4, 0.5) is 0 Å². The van der Waals surface area contributed by atoms with Crippen molar-refractivity contribution in [1.29, 1.82) is 0 Å². The van der Waals surface area contributed by atoms with E-state index < -0.39 is 10.0 Å². The SMILES string of the molecule is Cc1cccc(CS(=O)(=O)NCc2ccc(C)nn2)c1. The van der Waals surface area contributed by atoms with Crippen molar-refractivity contribution >= 4 is 10.0 Å². The monoisotopic (exact) mass is 291 g/mol. The number of sulfonamides is 1. The van der Waals surface area contributed by atoms with Crippen LogP contribution in [-0.4, -0.2) is 18.6 Å². The molecule has 0 saturated heterocycles. The van der Waals surface area contributed by atoms with Crippen LogP contribution in [0.1, 0.15) is 22.5 Å². The van der Waals surface area contributed by atoms with Crippen LogP contribution < -0.4 is 4.72 Å². The van der Waals surface area contributed by atoms with Gasteiger partial charge in [0.2, 0.25) is 10.0 Å². The summed E-state index contributed by atoms with van der Waals surface area (Å²) in [5, 5.41) is 7.82. The predicted molar refractivity (Wildman–Crippen MR) is 77.4 cm³/mol. The Labute approximate surface area is 119 Å². The van der Waals surface area contributed by atoms with Gasteiger partial charge in [-0.15, -0.1) is 0 Å². The molecule has 1 heterocycles. The summed E-state index contributed by atoms with van der Waals surface area (Å²) in [5.41, 5.74) is 3.22. The largest absolute Gasteiger partial charge is 0.216 e. The lowest BCUT2D eigenvalue weighted by Gasteiger charge is -2.07. The van der Waals surface area contributed by atoms with Gasteiger partial charge < -0.3 is 0 Å². The number of nitrogens with zero attached hydrogens (tertiary/aromatic N) is 2. The van der Waals surface area contributed by atoms with Crippen molar-refractivity contribution in [2.24, 2.45) is 0 Å². The highest BCUT2D eigenvalue weighted by Gasteiger charge is 2.11. The lowest BCUT2D eigenvalue weighted by atomic mass is 10.2. The molecule has 0 saturated carbocycles. The summed E-state index contributed by atoms with van der Waals surface area (Å²) in [6.45, 7) is 3.92. The third-order valence-corrected chi connectivity index (χ3v) is 4.06. The van der Waals surface area contributed by atoms with E-state index in [0.717, 1.165) is 16.8 Å². The molecule has 0 spiro atoms. The third kappa shape index (κ3) is 4.40. The van der Waals surface area contributed by atoms with Gasteiger partial charge in [-0.25, -0.2) is 13.1 Å². The van der Waals surface area contributed by atoms with Crippen LogP contribution in [-0.2, 0) is 22.3 Å². The maximum absolute atomic E-state index is 12.0. The first kappa shape index (κ1) is 14.6. The van der Waals surface area contributed by atoms with Crippen LogP contribution in [0.3, 0.4) is 0 Å². The van der Waals surface area contributed by atoms with E-state index in [0.29, 0.717) is 5.69 Å². The fraction of sp³-hybridized carbons (Fsp3) is 0.286. The molecule has 0 amide bonds. The van der Waals surface area contributed by atoms with Crippen LogP contribution in [0.25, 0.3) is 0 Å². The van der Waals surface area contributed by atoms with Crippen molar-refractivity contribution in [2.75, 3.05) is 0 Å². The van der Waals surface area contributed by atoms with Gasteiger partial charge in [-0.05, 0) is 31.5 Å². The number of hydrogen-bond acceptors (Lipinski definition) is 4. The molecule has 0 aliphatic carbocycles. The number of aromatic nitrogens is 2. The Balaban J connectivity index is 1.99. The number of aryl methyl sites for hydroxylation is 2. The summed E-state index contributed by atoms with van der Waals surface area (Å²) in [5.74, 6) is -0.0338. The Kier molecular flexibility index (Phi) is 4.46. The van der Waals surface area contributed by atoms with Crippen molar-refractivity contribution in [3.05, 3.63) is 58.9 Å². The zero-order chi connectivity index (χ0) is 14.6. The molecule has 0 radical (unpaired) electrons. The fourth-order valence-corrected chi connectivity index (χ4v) is 2.87. The molecule has 106 valence electrons. The molecule has 20 heavy (non-hydrogen) atoms. The van der Waals surface area contributed by atoms with E-state index in [1.54, 1.807) is 18.2 Å². The predicted octanol–water partition coefficient (Wildman–Crippen LogP) is 1.71. The minimum absolute atomic E-state index is 0.0338. The summed E-state index contributed by atoms with van der Waals surface area (Å²) in [6.07, 6.45) is 0. The Hall–Kier alpha value is -1.79. The summed E-state index contributed by atoms with van der Waals surface area (Å²) < 4.78 is 26.5. The molecule has 0 aliphatic rings. The maximum Gasteiger partial charge on any atom is 0.216 e. The van der Waals surface area contributed by atoms with Crippen LogP contribution in [0.15, 0.2) is 36.4 Å². The van der Waals surface area contributed by atoms with Crippen molar-refractivity contribution < 1.29 is 8.42 Å². The number of rotatable bonds is 5. The Bertz CT molecular complexity index is 682. The molecule has 1 aromatic carbocycles. The smallest absolute Gasteiger partial charge is 0.212 e. The summed E-state index contributed by atoms with van der Waals surface area (Å²) in [4.78, 5) is 0. The molecule has 0 fully saturated rings. The molecule has 5 nitrogen and oxygen atoms in total. The minimum Gasteiger partial charge on any atom is -0.212 e. The molecule has 2 rings (SSSR count). The van der Waals surface area contributed by atoms with Crippen molar-refractivity contribution in [1.82, 2.24) is 14.9 Å². The highest BCUT2D eigenvalue weighted by atomic mass is 32.2. The molecule has 1 N–H and O–H groups in total.